The summed E-state index contributed by atoms with van der Waals surface area (Å²) in [5.41, 5.74) is 3.37. The van der Waals surface area contributed by atoms with E-state index in [-0.39, 0.29) is 5.56 Å². The number of hydrogen-bond donors (Lipinski definition) is 0. The summed E-state index contributed by atoms with van der Waals surface area (Å²) in [6, 6.07) is 14.9. The number of hydrogen-bond acceptors (Lipinski definition) is 0. The van der Waals surface area contributed by atoms with Crippen molar-refractivity contribution >= 4 is 0 Å². The lowest BCUT2D eigenvalue weighted by Gasteiger charge is -2.29. The first-order chi connectivity index (χ1) is 13.4. The molecule has 2 aromatic rings. The van der Waals surface area contributed by atoms with Gasteiger partial charge in [-0.3, -0.25) is 0 Å². The topological polar surface area (TPSA) is 0 Å². The van der Waals surface area contributed by atoms with Crippen LogP contribution in [0.15, 0.2) is 48.5 Å². The molecule has 28 heavy (non-hydrogen) atoms. The Morgan fingerprint density at radius 2 is 1.43 bits per heavy atom. The van der Waals surface area contributed by atoms with Crippen molar-refractivity contribution in [1.29, 1.82) is 0 Å². The van der Waals surface area contributed by atoms with Gasteiger partial charge in [0.2, 0.25) is 0 Å². The highest BCUT2D eigenvalue weighted by Crippen LogP contribution is 2.38. The second-order valence-electron chi connectivity index (χ2n) is 8.42. The molecule has 0 nitrogen and oxygen atoms in total. The van der Waals surface area contributed by atoms with Crippen LogP contribution >= 0.6 is 0 Å². The van der Waals surface area contributed by atoms with Crippen LogP contribution < -0.4 is 0 Å². The summed E-state index contributed by atoms with van der Waals surface area (Å²) in [7, 11) is 0. The molecule has 0 heterocycles. The van der Waals surface area contributed by atoms with Crippen molar-refractivity contribution in [1.82, 2.24) is 0 Å². The van der Waals surface area contributed by atoms with Crippen molar-refractivity contribution in [2.45, 2.75) is 76.8 Å². The summed E-state index contributed by atoms with van der Waals surface area (Å²) in [5.74, 6) is -1.81. The summed E-state index contributed by atoms with van der Waals surface area (Å²) in [6.07, 6.45) is 6.95. The monoisotopic (exact) mass is 388 g/mol. The van der Waals surface area contributed by atoms with Gasteiger partial charge in [0.25, 0.3) is 5.92 Å². The third kappa shape index (κ3) is 5.18. The zero-order chi connectivity index (χ0) is 20.1. The second-order valence-corrected chi connectivity index (χ2v) is 8.42. The summed E-state index contributed by atoms with van der Waals surface area (Å²) in [6.45, 7) is 2.87. The molecule has 1 atom stereocenters. The van der Waals surface area contributed by atoms with Crippen LogP contribution in [0.25, 0.3) is 11.1 Å². The molecule has 0 amide bonds. The van der Waals surface area contributed by atoms with Gasteiger partial charge in [0.15, 0.2) is 6.17 Å². The Balaban J connectivity index is 1.62. The van der Waals surface area contributed by atoms with E-state index in [1.807, 2.05) is 0 Å². The van der Waals surface area contributed by atoms with E-state index in [0.717, 1.165) is 17.0 Å². The third-order valence-corrected chi connectivity index (χ3v) is 6.18. The van der Waals surface area contributed by atoms with Gasteiger partial charge in [0.1, 0.15) is 0 Å². The number of halogens is 3. The molecular weight excluding hydrogens is 357 g/mol. The number of alkyl halides is 3. The summed E-state index contributed by atoms with van der Waals surface area (Å²) in [5, 5.41) is 0. The predicted octanol–water partition coefficient (Wildman–Crippen LogP) is 8.48. The van der Waals surface area contributed by atoms with Crippen LogP contribution in [0, 0.1) is 5.92 Å². The molecule has 1 aliphatic carbocycles. The highest BCUT2D eigenvalue weighted by molar-refractivity contribution is 5.64. The molecule has 0 bridgehead atoms. The fourth-order valence-corrected chi connectivity index (χ4v) is 4.36. The summed E-state index contributed by atoms with van der Waals surface area (Å²) in [4.78, 5) is 0. The van der Waals surface area contributed by atoms with E-state index in [2.05, 4.69) is 31.2 Å². The molecule has 0 radical (unpaired) electrons. The van der Waals surface area contributed by atoms with E-state index in [1.165, 1.54) is 62.6 Å². The SMILES string of the molecule is CCCCC1CCC(c2ccc(-c3ccc(C(F)C(C)(F)F)cc3)cc2)CC1. The Bertz CT molecular complexity index is 720. The van der Waals surface area contributed by atoms with Gasteiger partial charge in [-0.2, -0.15) is 0 Å². The fraction of sp³-hybridized carbons (Fsp3) is 0.520. The Kier molecular flexibility index (Phi) is 6.85. The lowest BCUT2D eigenvalue weighted by atomic mass is 9.77. The summed E-state index contributed by atoms with van der Waals surface area (Å²) >= 11 is 0. The van der Waals surface area contributed by atoms with Gasteiger partial charge in [-0.25, -0.2) is 13.2 Å². The first kappa shape index (κ1) is 21.0. The smallest absolute Gasteiger partial charge is 0.236 e. The lowest BCUT2D eigenvalue weighted by Crippen LogP contribution is -2.18. The lowest BCUT2D eigenvalue weighted by molar-refractivity contribution is -0.0566. The molecule has 0 saturated heterocycles. The maximum absolute atomic E-state index is 13.8. The maximum atomic E-state index is 13.8. The second kappa shape index (κ2) is 9.15. The quantitative estimate of drug-likeness (QED) is 0.446. The van der Waals surface area contributed by atoms with Gasteiger partial charge >= 0.3 is 0 Å². The Labute approximate surface area is 167 Å². The number of benzene rings is 2. The van der Waals surface area contributed by atoms with Crippen LogP contribution in [-0.4, -0.2) is 5.92 Å². The Hall–Kier alpha value is -1.77. The Morgan fingerprint density at radius 1 is 0.893 bits per heavy atom. The zero-order valence-electron chi connectivity index (χ0n) is 16.9. The highest BCUT2D eigenvalue weighted by atomic mass is 19.3. The number of rotatable bonds is 7. The van der Waals surface area contributed by atoms with Gasteiger partial charge < -0.3 is 0 Å². The molecule has 0 aromatic heterocycles. The van der Waals surface area contributed by atoms with Crippen LogP contribution in [0.4, 0.5) is 13.2 Å². The minimum absolute atomic E-state index is 0.0210. The molecule has 1 unspecified atom stereocenters. The van der Waals surface area contributed by atoms with Gasteiger partial charge in [0.05, 0.1) is 0 Å². The molecule has 3 heteroatoms. The molecule has 1 saturated carbocycles. The van der Waals surface area contributed by atoms with E-state index in [9.17, 15) is 13.2 Å². The van der Waals surface area contributed by atoms with Crippen molar-refractivity contribution in [3.05, 3.63) is 59.7 Å². The zero-order valence-corrected chi connectivity index (χ0v) is 16.9. The van der Waals surface area contributed by atoms with Gasteiger partial charge in [-0.15, -0.1) is 0 Å². The van der Waals surface area contributed by atoms with E-state index >= 15 is 0 Å². The molecule has 1 aliphatic rings. The summed E-state index contributed by atoms with van der Waals surface area (Å²) < 4.78 is 40.1. The highest BCUT2D eigenvalue weighted by Gasteiger charge is 2.35. The molecule has 152 valence electrons. The average molecular weight is 389 g/mol. The minimum Gasteiger partial charge on any atom is -0.236 e. The van der Waals surface area contributed by atoms with Crippen LogP contribution in [0.1, 0.15) is 82.0 Å². The molecule has 3 rings (SSSR count). The van der Waals surface area contributed by atoms with Crippen molar-refractivity contribution < 1.29 is 13.2 Å². The normalized spacial score (nSPS) is 21.5. The number of unbranched alkanes of at least 4 members (excludes halogenated alkanes) is 1. The molecule has 0 aliphatic heterocycles. The molecule has 0 N–H and O–H groups in total. The standard InChI is InChI=1S/C25H31F3/c1-3-4-5-18-6-8-19(9-7-18)20-10-12-21(13-11-20)22-14-16-23(17-15-22)24(26)25(2,27)28/h10-19,24H,3-9H2,1-2H3. The van der Waals surface area contributed by atoms with Crippen LogP contribution in [0.5, 0.6) is 0 Å². The minimum atomic E-state index is -3.36. The molecule has 2 aromatic carbocycles. The van der Waals surface area contributed by atoms with E-state index in [1.54, 1.807) is 12.1 Å². The Morgan fingerprint density at radius 3 is 1.93 bits per heavy atom. The van der Waals surface area contributed by atoms with Gasteiger partial charge in [0, 0.05) is 6.92 Å². The van der Waals surface area contributed by atoms with Gasteiger partial charge in [-0.1, -0.05) is 74.7 Å². The van der Waals surface area contributed by atoms with Crippen molar-refractivity contribution in [3.8, 4) is 11.1 Å². The van der Waals surface area contributed by atoms with E-state index in [0.29, 0.717) is 12.8 Å². The van der Waals surface area contributed by atoms with Crippen LogP contribution in [0.3, 0.4) is 0 Å². The molecule has 0 spiro atoms. The first-order valence-electron chi connectivity index (χ1n) is 10.6. The van der Waals surface area contributed by atoms with Crippen molar-refractivity contribution in [3.63, 3.8) is 0 Å². The van der Waals surface area contributed by atoms with E-state index in [4.69, 9.17) is 0 Å². The van der Waals surface area contributed by atoms with Crippen LogP contribution in [0.2, 0.25) is 0 Å². The third-order valence-electron chi connectivity index (χ3n) is 6.18. The molecular formula is C25H31F3. The first-order valence-corrected chi connectivity index (χ1v) is 10.6. The van der Waals surface area contributed by atoms with Gasteiger partial charge in [-0.05, 0) is 59.8 Å². The van der Waals surface area contributed by atoms with Crippen LogP contribution in [-0.2, 0) is 0 Å². The predicted molar refractivity (Wildman–Crippen MR) is 111 cm³/mol. The average Bonchev–Trinajstić information content (AvgIpc) is 2.72. The van der Waals surface area contributed by atoms with E-state index < -0.39 is 12.1 Å². The fourth-order valence-electron chi connectivity index (χ4n) is 4.36. The largest absolute Gasteiger partial charge is 0.280 e. The van der Waals surface area contributed by atoms with Crippen molar-refractivity contribution in [2.75, 3.05) is 0 Å². The molecule has 1 fully saturated rings. The maximum Gasteiger partial charge on any atom is 0.280 e. The van der Waals surface area contributed by atoms with Crippen molar-refractivity contribution in [2.24, 2.45) is 5.92 Å².